The molecule has 3 aromatic rings. The van der Waals surface area contributed by atoms with Crippen LogP contribution in [0.3, 0.4) is 0 Å². The molecule has 5 rings (SSSR count). The molecule has 1 saturated heterocycles. The van der Waals surface area contributed by atoms with Crippen molar-refractivity contribution in [1.29, 1.82) is 0 Å². The molecular formula is C26H23Cl2FN2O. The third-order valence-electron chi connectivity index (χ3n) is 6.70. The van der Waals surface area contributed by atoms with E-state index in [2.05, 4.69) is 29.2 Å². The Morgan fingerprint density at radius 2 is 1.62 bits per heavy atom. The normalized spacial score (nSPS) is 17.5. The highest BCUT2D eigenvalue weighted by atomic mass is 35.5. The van der Waals surface area contributed by atoms with Crippen LogP contribution in [0.15, 0.2) is 66.7 Å². The van der Waals surface area contributed by atoms with E-state index in [1.807, 2.05) is 6.07 Å². The second kappa shape index (κ2) is 8.51. The van der Waals surface area contributed by atoms with Crippen LogP contribution in [0.1, 0.15) is 34.3 Å². The molecule has 1 spiro atoms. The summed E-state index contributed by atoms with van der Waals surface area (Å²) in [7, 11) is 0. The first kappa shape index (κ1) is 21.4. The number of likely N-dealkylation sites (tertiary alicyclic amines) is 1. The Morgan fingerprint density at radius 3 is 2.31 bits per heavy atom. The number of rotatable bonds is 3. The number of anilines is 1. The highest BCUT2D eigenvalue weighted by Gasteiger charge is 2.46. The van der Waals surface area contributed by atoms with E-state index < -0.39 is 0 Å². The van der Waals surface area contributed by atoms with Crippen molar-refractivity contribution in [2.24, 2.45) is 0 Å². The van der Waals surface area contributed by atoms with E-state index in [0.29, 0.717) is 22.2 Å². The van der Waals surface area contributed by atoms with Gasteiger partial charge in [0.15, 0.2) is 0 Å². The SMILES string of the molecule is O=C(c1cc(Cl)cc(Cl)c1)N1CC2(CCN(Cc3ccccc3)CC2)c2cc(F)ccc21. The lowest BCUT2D eigenvalue weighted by molar-refractivity contribution is 0.0975. The van der Waals surface area contributed by atoms with E-state index in [1.54, 1.807) is 35.2 Å². The number of amides is 1. The van der Waals surface area contributed by atoms with Crippen molar-refractivity contribution < 1.29 is 9.18 Å². The molecule has 3 nitrogen and oxygen atoms in total. The molecule has 0 unspecified atom stereocenters. The van der Waals surface area contributed by atoms with Gasteiger partial charge in [-0.25, -0.2) is 4.39 Å². The Labute approximate surface area is 197 Å². The van der Waals surface area contributed by atoms with Crippen LogP contribution in [0.25, 0.3) is 0 Å². The fraction of sp³-hybridized carbons (Fsp3) is 0.269. The fourth-order valence-electron chi connectivity index (χ4n) is 5.06. The number of fused-ring (bicyclic) bond motifs is 2. The minimum absolute atomic E-state index is 0.161. The molecule has 0 saturated carbocycles. The first-order valence-corrected chi connectivity index (χ1v) is 11.5. The molecule has 2 heterocycles. The van der Waals surface area contributed by atoms with Crippen LogP contribution in [0.4, 0.5) is 10.1 Å². The monoisotopic (exact) mass is 468 g/mol. The van der Waals surface area contributed by atoms with E-state index >= 15 is 0 Å². The summed E-state index contributed by atoms with van der Waals surface area (Å²) < 4.78 is 14.3. The third kappa shape index (κ3) is 4.03. The molecule has 2 aliphatic rings. The summed E-state index contributed by atoms with van der Waals surface area (Å²) in [6.07, 6.45) is 1.74. The van der Waals surface area contributed by atoms with Crippen molar-refractivity contribution in [3.63, 3.8) is 0 Å². The molecule has 1 amide bonds. The Kier molecular flexibility index (Phi) is 5.70. The van der Waals surface area contributed by atoms with E-state index in [9.17, 15) is 9.18 Å². The minimum Gasteiger partial charge on any atom is -0.307 e. The van der Waals surface area contributed by atoms with Crippen LogP contribution in [-0.4, -0.2) is 30.4 Å². The van der Waals surface area contributed by atoms with Crippen LogP contribution < -0.4 is 4.90 Å². The van der Waals surface area contributed by atoms with Crippen molar-refractivity contribution in [1.82, 2.24) is 4.90 Å². The first-order chi connectivity index (χ1) is 15.4. The predicted molar refractivity (Wildman–Crippen MR) is 127 cm³/mol. The Balaban J connectivity index is 1.41. The zero-order valence-electron chi connectivity index (χ0n) is 17.5. The highest BCUT2D eigenvalue weighted by molar-refractivity contribution is 6.35. The Hall–Kier alpha value is -2.40. The van der Waals surface area contributed by atoms with Gasteiger partial charge in [-0.1, -0.05) is 53.5 Å². The molecule has 32 heavy (non-hydrogen) atoms. The lowest BCUT2D eigenvalue weighted by atomic mass is 9.74. The van der Waals surface area contributed by atoms with Gasteiger partial charge in [0, 0.05) is 39.8 Å². The molecular weight excluding hydrogens is 446 g/mol. The molecule has 0 N–H and O–H groups in total. The molecule has 6 heteroatoms. The standard InChI is InChI=1S/C26H23Cl2FN2O/c27-20-12-19(13-21(28)14-20)25(32)31-17-26(23-15-22(29)6-7-24(23)31)8-10-30(11-9-26)16-18-4-2-1-3-5-18/h1-7,12-15H,8-11,16-17H2. The van der Waals surface area contributed by atoms with E-state index in [0.717, 1.165) is 43.7 Å². The number of piperidine rings is 1. The van der Waals surface area contributed by atoms with Gasteiger partial charge in [-0.05, 0) is 73.5 Å². The first-order valence-electron chi connectivity index (χ1n) is 10.8. The molecule has 3 aromatic carbocycles. The number of hydrogen-bond acceptors (Lipinski definition) is 2. The van der Waals surface area contributed by atoms with Crippen LogP contribution in [-0.2, 0) is 12.0 Å². The summed E-state index contributed by atoms with van der Waals surface area (Å²) in [5, 5.41) is 0.839. The molecule has 1 fully saturated rings. The number of halogens is 3. The highest BCUT2D eigenvalue weighted by Crippen LogP contribution is 2.48. The van der Waals surface area contributed by atoms with Gasteiger partial charge in [-0.2, -0.15) is 0 Å². The second-order valence-electron chi connectivity index (χ2n) is 8.75. The van der Waals surface area contributed by atoms with Gasteiger partial charge >= 0.3 is 0 Å². The zero-order chi connectivity index (χ0) is 22.3. The average Bonchev–Trinajstić information content (AvgIpc) is 3.08. The number of nitrogens with zero attached hydrogens (tertiary/aromatic N) is 2. The maximum atomic E-state index is 14.3. The van der Waals surface area contributed by atoms with Crippen LogP contribution >= 0.6 is 23.2 Å². The van der Waals surface area contributed by atoms with Crippen molar-refractivity contribution in [2.75, 3.05) is 24.5 Å². The van der Waals surface area contributed by atoms with Crippen LogP contribution in [0.2, 0.25) is 10.0 Å². The van der Waals surface area contributed by atoms with Gasteiger partial charge in [0.1, 0.15) is 5.82 Å². The number of carbonyl (C=O) groups is 1. The lowest BCUT2D eigenvalue weighted by Crippen LogP contribution is -2.45. The molecule has 2 aliphatic heterocycles. The third-order valence-corrected chi connectivity index (χ3v) is 7.13. The fourth-order valence-corrected chi connectivity index (χ4v) is 5.59. The molecule has 164 valence electrons. The summed E-state index contributed by atoms with van der Waals surface area (Å²) in [5.74, 6) is -0.430. The van der Waals surface area contributed by atoms with Gasteiger partial charge in [-0.15, -0.1) is 0 Å². The Morgan fingerprint density at radius 1 is 0.938 bits per heavy atom. The summed E-state index contributed by atoms with van der Waals surface area (Å²) >= 11 is 12.3. The zero-order valence-corrected chi connectivity index (χ0v) is 19.0. The van der Waals surface area contributed by atoms with Gasteiger partial charge in [0.2, 0.25) is 0 Å². The molecule has 0 radical (unpaired) electrons. The van der Waals surface area contributed by atoms with Crippen molar-refractivity contribution >= 4 is 34.8 Å². The second-order valence-corrected chi connectivity index (χ2v) is 9.63. The van der Waals surface area contributed by atoms with Gasteiger partial charge in [-0.3, -0.25) is 9.69 Å². The summed E-state index contributed by atoms with van der Waals surface area (Å²) in [6.45, 7) is 3.23. The minimum atomic E-state index is -0.269. The van der Waals surface area contributed by atoms with Crippen molar-refractivity contribution in [2.45, 2.75) is 24.8 Å². The smallest absolute Gasteiger partial charge is 0.258 e. The maximum Gasteiger partial charge on any atom is 0.258 e. The Bertz CT molecular complexity index is 1140. The van der Waals surface area contributed by atoms with Crippen LogP contribution in [0.5, 0.6) is 0 Å². The average molecular weight is 469 g/mol. The van der Waals surface area contributed by atoms with E-state index in [-0.39, 0.29) is 17.1 Å². The maximum absolute atomic E-state index is 14.3. The quantitative estimate of drug-likeness (QED) is 0.448. The largest absolute Gasteiger partial charge is 0.307 e. The molecule has 0 aromatic heterocycles. The predicted octanol–water partition coefficient (Wildman–Crippen LogP) is 6.33. The molecule has 0 aliphatic carbocycles. The van der Waals surface area contributed by atoms with E-state index in [4.69, 9.17) is 23.2 Å². The summed E-state index contributed by atoms with van der Waals surface area (Å²) in [6, 6.07) is 20.0. The lowest BCUT2D eigenvalue weighted by Gasteiger charge is -2.40. The van der Waals surface area contributed by atoms with Gasteiger partial charge < -0.3 is 4.90 Å². The van der Waals surface area contributed by atoms with Crippen LogP contribution in [0, 0.1) is 5.82 Å². The number of carbonyl (C=O) groups excluding carboxylic acids is 1. The summed E-state index contributed by atoms with van der Waals surface area (Å²) in [5.41, 5.74) is 3.19. The van der Waals surface area contributed by atoms with Crippen molar-refractivity contribution in [3.8, 4) is 0 Å². The van der Waals surface area contributed by atoms with E-state index in [1.165, 1.54) is 11.6 Å². The van der Waals surface area contributed by atoms with Gasteiger partial charge in [0.25, 0.3) is 5.91 Å². The summed E-state index contributed by atoms with van der Waals surface area (Å²) in [4.78, 5) is 17.6. The molecule has 0 atom stereocenters. The number of hydrogen-bond donors (Lipinski definition) is 0. The number of benzene rings is 3. The van der Waals surface area contributed by atoms with Gasteiger partial charge in [0.05, 0.1) is 0 Å². The molecule has 0 bridgehead atoms. The van der Waals surface area contributed by atoms with Crippen molar-refractivity contribution in [3.05, 3.63) is 99.3 Å². The topological polar surface area (TPSA) is 23.6 Å².